The molecule has 1 amide bonds. The van der Waals surface area contributed by atoms with E-state index in [2.05, 4.69) is 22.0 Å². The van der Waals surface area contributed by atoms with Gasteiger partial charge in [0.15, 0.2) is 0 Å². The lowest BCUT2D eigenvalue weighted by Gasteiger charge is -2.36. The molecule has 7 heteroatoms. The number of rotatable bonds is 6. The van der Waals surface area contributed by atoms with Crippen molar-refractivity contribution in [2.75, 3.05) is 63.8 Å². The van der Waals surface area contributed by atoms with Crippen molar-refractivity contribution < 1.29 is 19.1 Å². The van der Waals surface area contributed by atoms with E-state index in [9.17, 15) is 9.59 Å². The molecule has 1 N–H and O–H groups in total. The van der Waals surface area contributed by atoms with Crippen LogP contribution in [0.2, 0.25) is 0 Å². The zero-order valence-corrected chi connectivity index (χ0v) is 14.5. The highest BCUT2D eigenvalue weighted by molar-refractivity contribution is 5.98. The van der Waals surface area contributed by atoms with Gasteiger partial charge in [0.1, 0.15) is 6.61 Å². The summed E-state index contributed by atoms with van der Waals surface area (Å²) in [5.74, 6) is -0.687. The Bertz CT molecular complexity index is 583. The molecule has 24 heavy (non-hydrogen) atoms. The van der Waals surface area contributed by atoms with Crippen LogP contribution in [0.25, 0.3) is 0 Å². The summed E-state index contributed by atoms with van der Waals surface area (Å²) in [6.45, 7) is 6.84. The molecule has 1 aliphatic rings. The number of nitrogens with one attached hydrogen (secondary N) is 1. The van der Waals surface area contributed by atoms with Gasteiger partial charge in [-0.05, 0) is 24.7 Å². The van der Waals surface area contributed by atoms with Crippen molar-refractivity contribution in [1.82, 2.24) is 4.90 Å². The Kier molecular flexibility index (Phi) is 6.57. The molecule has 2 rings (SSSR count). The van der Waals surface area contributed by atoms with Crippen LogP contribution in [0.1, 0.15) is 17.3 Å². The number of carbonyl (C=O) groups excluding carboxylic acids is 2. The monoisotopic (exact) mass is 335 g/mol. The summed E-state index contributed by atoms with van der Waals surface area (Å²) in [6.07, 6.45) is 0. The molecule has 0 spiro atoms. The minimum atomic E-state index is -0.431. The molecule has 132 valence electrons. The van der Waals surface area contributed by atoms with Crippen molar-refractivity contribution in [2.45, 2.75) is 6.92 Å². The first kappa shape index (κ1) is 18.2. The first-order valence-corrected chi connectivity index (χ1v) is 8.07. The van der Waals surface area contributed by atoms with Crippen molar-refractivity contribution in [3.63, 3.8) is 0 Å². The molecule has 1 heterocycles. The van der Waals surface area contributed by atoms with E-state index in [1.807, 2.05) is 6.07 Å². The summed E-state index contributed by atoms with van der Waals surface area (Å²) < 4.78 is 9.63. The van der Waals surface area contributed by atoms with Gasteiger partial charge in [-0.2, -0.15) is 0 Å². The smallest absolute Gasteiger partial charge is 0.337 e. The fourth-order valence-electron chi connectivity index (χ4n) is 2.78. The number of amides is 1. The molecule has 0 saturated carbocycles. The fourth-order valence-corrected chi connectivity index (χ4v) is 2.78. The standard InChI is InChI=1S/C17H25N3O4/c1-4-19-7-9-20(10-8-19)15-6-5-13(17(22)24-3)11-14(15)18-16(21)12-23-2/h5-6,11H,4,7-10,12H2,1-3H3,(H,18,21). The van der Waals surface area contributed by atoms with Crippen molar-refractivity contribution in [2.24, 2.45) is 0 Å². The van der Waals surface area contributed by atoms with E-state index in [1.165, 1.54) is 14.2 Å². The third-order valence-electron chi connectivity index (χ3n) is 4.13. The van der Waals surface area contributed by atoms with Crippen LogP contribution in [-0.2, 0) is 14.3 Å². The number of benzene rings is 1. The Morgan fingerprint density at radius 3 is 2.46 bits per heavy atom. The van der Waals surface area contributed by atoms with Gasteiger partial charge < -0.3 is 24.6 Å². The maximum atomic E-state index is 11.9. The lowest BCUT2D eigenvalue weighted by molar-refractivity contribution is -0.119. The van der Waals surface area contributed by atoms with Crippen LogP contribution in [0.15, 0.2) is 18.2 Å². The summed E-state index contributed by atoms with van der Waals surface area (Å²) in [5.41, 5.74) is 1.91. The Morgan fingerprint density at radius 2 is 1.88 bits per heavy atom. The van der Waals surface area contributed by atoms with E-state index in [0.717, 1.165) is 38.4 Å². The average molecular weight is 335 g/mol. The number of ether oxygens (including phenoxy) is 2. The molecule has 0 unspecified atom stereocenters. The van der Waals surface area contributed by atoms with E-state index in [1.54, 1.807) is 12.1 Å². The molecule has 1 aliphatic heterocycles. The van der Waals surface area contributed by atoms with E-state index in [-0.39, 0.29) is 12.5 Å². The normalized spacial score (nSPS) is 15.2. The number of esters is 1. The summed E-state index contributed by atoms with van der Waals surface area (Å²) in [5, 5.41) is 2.83. The number of carbonyl (C=O) groups is 2. The molecule has 7 nitrogen and oxygen atoms in total. The lowest BCUT2D eigenvalue weighted by atomic mass is 10.1. The van der Waals surface area contributed by atoms with E-state index in [0.29, 0.717) is 11.3 Å². The van der Waals surface area contributed by atoms with Gasteiger partial charge in [0.25, 0.3) is 0 Å². The van der Waals surface area contributed by atoms with Crippen LogP contribution in [0.4, 0.5) is 11.4 Å². The van der Waals surface area contributed by atoms with Crippen LogP contribution in [0, 0.1) is 0 Å². The van der Waals surface area contributed by atoms with Crippen molar-refractivity contribution >= 4 is 23.3 Å². The fraction of sp³-hybridized carbons (Fsp3) is 0.529. The molecular formula is C17H25N3O4. The first-order valence-electron chi connectivity index (χ1n) is 8.07. The minimum absolute atomic E-state index is 0.0362. The van der Waals surface area contributed by atoms with Gasteiger partial charge in [-0.3, -0.25) is 4.79 Å². The largest absolute Gasteiger partial charge is 0.465 e. The maximum absolute atomic E-state index is 11.9. The average Bonchev–Trinajstić information content (AvgIpc) is 2.61. The molecule has 1 saturated heterocycles. The maximum Gasteiger partial charge on any atom is 0.337 e. The third-order valence-corrected chi connectivity index (χ3v) is 4.13. The summed E-state index contributed by atoms with van der Waals surface area (Å²) in [4.78, 5) is 28.3. The number of likely N-dealkylation sites (N-methyl/N-ethyl adjacent to an activating group) is 1. The number of anilines is 2. The molecule has 0 atom stereocenters. The Hall–Kier alpha value is -2.12. The molecule has 0 aliphatic carbocycles. The molecule has 0 bridgehead atoms. The van der Waals surface area contributed by atoms with Gasteiger partial charge in [0.2, 0.25) is 5.91 Å². The highest BCUT2D eigenvalue weighted by atomic mass is 16.5. The van der Waals surface area contributed by atoms with Crippen molar-refractivity contribution in [3.05, 3.63) is 23.8 Å². The second-order valence-corrected chi connectivity index (χ2v) is 5.63. The predicted molar refractivity (Wildman–Crippen MR) is 92.6 cm³/mol. The van der Waals surface area contributed by atoms with Gasteiger partial charge in [-0.1, -0.05) is 6.92 Å². The zero-order chi connectivity index (χ0) is 17.5. The molecule has 1 aromatic rings. The van der Waals surface area contributed by atoms with E-state index in [4.69, 9.17) is 9.47 Å². The van der Waals surface area contributed by atoms with Crippen molar-refractivity contribution in [3.8, 4) is 0 Å². The number of hydrogen-bond acceptors (Lipinski definition) is 6. The Balaban J connectivity index is 2.25. The second-order valence-electron chi connectivity index (χ2n) is 5.63. The van der Waals surface area contributed by atoms with Gasteiger partial charge in [-0.25, -0.2) is 4.79 Å². The molecule has 0 aromatic heterocycles. The van der Waals surface area contributed by atoms with Crippen LogP contribution in [-0.4, -0.2) is 70.3 Å². The Morgan fingerprint density at radius 1 is 1.17 bits per heavy atom. The Labute approximate surface area is 142 Å². The quantitative estimate of drug-likeness (QED) is 0.788. The molecule has 1 fully saturated rings. The molecule has 1 aromatic carbocycles. The molecular weight excluding hydrogens is 310 g/mol. The van der Waals surface area contributed by atoms with Gasteiger partial charge in [0.05, 0.1) is 24.0 Å². The van der Waals surface area contributed by atoms with Crippen LogP contribution in [0.5, 0.6) is 0 Å². The summed E-state index contributed by atoms with van der Waals surface area (Å²) in [7, 11) is 2.80. The van der Waals surface area contributed by atoms with E-state index >= 15 is 0 Å². The highest BCUT2D eigenvalue weighted by Crippen LogP contribution is 2.28. The van der Waals surface area contributed by atoms with E-state index < -0.39 is 5.97 Å². The highest BCUT2D eigenvalue weighted by Gasteiger charge is 2.20. The number of nitrogens with zero attached hydrogens (tertiary/aromatic N) is 2. The predicted octanol–water partition coefficient (Wildman–Crippen LogP) is 1.20. The van der Waals surface area contributed by atoms with Crippen molar-refractivity contribution in [1.29, 1.82) is 0 Å². The molecule has 0 radical (unpaired) electrons. The minimum Gasteiger partial charge on any atom is -0.465 e. The third kappa shape index (κ3) is 4.46. The van der Waals surface area contributed by atoms with Gasteiger partial charge >= 0.3 is 5.97 Å². The second kappa shape index (κ2) is 8.65. The zero-order valence-electron chi connectivity index (χ0n) is 14.5. The number of piperazine rings is 1. The van der Waals surface area contributed by atoms with Gasteiger partial charge in [-0.15, -0.1) is 0 Å². The van der Waals surface area contributed by atoms with Crippen LogP contribution < -0.4 is 10.2 Å². The topological polar surface area (TPSA) is 71.1 Å². The number of hydrogen-bond donors (Lipinski definition) is 1. The SMILES string of the molecule is CCN1CCN(c2ccc(C(=O)OC)cc2NC(=O)COC)CC1. The lowest BCUT2D eigenvalue weighted by Crippen LogP contribution is -2.46. The first-order chi connectivity index (χ1) is 11.6. The van der Waals surface area contributed by atoms with Gasteiger partial charge in [0, 0.05) is 33.3 Å². The van der Waals surface area contributed by atoms with Crippen LogP contribution >= 0.6 is 0 Å². The number of methoxy groups -OCH3 is 2. The van der Waals surface area contributed by atoms with Crippen LogP contribution in [0.3, 0.4) is 0 Å². The summed E-state index contributed by atoms with van der Waals surface area (Å²) >= 11 is 0. The summed E-state index contributed by atoms with van der Waals surface area (Å²) in [6, 6.07) is 5.23.